The maximum atomic E-state index is 13.8. The molecule has 3 aliphatic rings. The van der Waals surface area contributed by atoms with E-state index in [2.05, 4.69) is 16.3 Å². The van der Waals surface area contributed by atoms with E-state index in [1.54, 1.807) is 6.07 Å². The van der Waals surface area contributed by atoms with Crippen molar-refractivity contribution in [3.63, 3.8) is 0 Å². The largest absolute Gasteiger partial charge is 0.381 e. The lowest BCUT2D eigenvalue weighted by atomic mass is 9.75. The van der Waals surface area contributed by atoms with Gasteiger partial charge in [-0.05, 0) is 56.2 Å². The first kappa shape index (κ1) is 12.5. The molecular weight excluding hydrogens is 251 g/mol. The van der Waals surface area contributed by atoms with Gasteiger partial charge in [0.15, 0.2) is 0 Å². The maximum Gasteiger partial charge on any atom is 0.128 e. The Balaban J connectivity index is 1.77. The number of piperidine rings is 1. The van der Waals surface area contributed by atoms with Crippen LogP contribution in [0.25, 0.3) is 0 Å². The highest BCUT2D eigenvalue weighted by Gasteiger charge is 2.41. The summed E-state index contributed by atoms with van der Waals surface area (Å²) in [6.45, 7) is 2.85. The number of anilines is 2. The fourth-order valence-corrected chi connectivity index (χ4v) is 4.53. The molecule has 0 aromatic heterocycles. The van der Waals surface area contributed by atoms with Gasteiger partial charge >= 0.3 is 0 Å². The van der Waals surface area contributed by atoms with E-state index in [-0.39, 0.29) is 5.82 Å². The number of benzene rings is 1. The zero-order valence-electron chi connectivity index (χ0n) is 12.2. The van der Waals surface area contributed by atoms with Crippen LogP contribution >= 0.6 is 0 Å². The number of nitrogens with one attached hydrogen (secondary N) is 1. The molecule has 3 atom stereocenters. The summed E-state index contributed by atoms with van der Waals surface area (Å²) in [5, 5.41) is 3.44. The van der Waals surface area contributed by atoms with Gasteiger partial charge in [0.1, 0.15) is 5.82 Å². The van der Waals surface area contributed by atoms with Gasteiger partial charge in [-0.3, -0.25) is 0 Å². The third-order valence-corrected chi connectivity index (χ3v) is 5.57. The van der Waals surface area contributed by atoms with Crippen LogP contribution < -0.4 is 10.2 Å². The molecule has 2 aliphatic heterocycles. The van der Waals surface area contributed by atoms with Crippen LogP contribution in [-0.4, -0.2) is 18.6 Å². The standard InChI is InChI=1S/C17H23FN2/c1-11-8-17-15(9-14(11)18)19-10-13-7-6-12-4-2-3-5-16(12)20(13)17/h8-9,12-13,16,19H,2-7,10H2,1H3. The van der Waals surface area contributed by atoms with Crippen LogP contribution in [0.2, 0.25) is 0 Å². The van der Waals surface area contributed by atoms with E-state index in [1.165, 1.54) is 44.2 Å². The Labute approximate surface area is 120 Å². The minimum atomic E-state index is -0.0908. The molecule has 2 fully saturated rings. The lowest BCUT2D eigenvalue weighted by Crippen LogP contribution is -2.56. The molecule has 108 valence electrons. The van der Waals surface area contributed by atoms with Crippen molar-refractivity contribution >= 4 is 11.4 Å². The first-order valence-electron chi connectivity index (χ1n) is 8.06. The Morgan fingerprint density at radius 3 is 2.90 bits per heavy atom. The van der Waals surface area contributed by atoms with Crippen molar-refractivity contribution in [3.8, 4) is 0 Å². The zero-order chi connectivity index (χ0) is 13.7. The van der Waals surface area contributed by atoms with Gasteiger partial charge < -0.3 is 10.2 Å². The van der Waals surface area contributed by atoms with Crippen LogP contribution in [0.3, 0.4) is 0 Å². The predicted molar refractivity (Wildman–Crippen MR) is 80.9 cm³/mol. The highest BCUT2D eigenvalue weighted by Crippen LogP contribution is 2.45. The molecule has 0 bridgehead atoms. The molecule has 1 saturated carbocycles. The van der Waals surface area contributed by atoms with Crippen LogP contribution in [0.15, 0.2) is 12.1 Å². The molecule has 1 aromatic rings. The van der Waals surface area contributed by atoms with E-state index in [1.807, 2.05) is 6.92 Å². The molecule has 0 spiro atoms. The summed E-state index contributed by atoms with van der Waals surface area (Å²) in [5.41, 5.74) is 3.01. The molecule has 20 heavy (non-hydrogen) atoms. The second-order valence-corrected chi connectivity index (χ2v) is 6.75. The molecule has 1 saturated heterocycles. The molecule has 2 nitrogen and oxygen atoms in total. The van der Waals surface area contributed by atoms with E-state index < -0.39 is 0 Å². The second kappa shape index (κ2) is 4.64. The molecule has 4 rings (SSSR count). The summed E-state index contributed by atoms with van der Waals surface area (Å²) in [7, 11) is 0. The van der Waals surface area contributed by atoms with E-state index >= 15 is 0 Å². The van der Waals surface area contributed by atoms with Gasteiger partial charge in [-0.25, -0.2) is 4.39 Å². The highest BCUT2D eigenvalue weighted by atomic mass is 19.1. The van der Waals surface area contributed by atoms with Gasteiger partial charge in [0, 0.05) is 18.6 Å². The van der Waals surface area contributed by atoms with Gasteiger partial charge in [0.05, 0.1) is 11.4 Å². The SMILES string of the molecule is Cc1cc2c(cc1F)NCC1CCC3CCCCC3N21. The minimum absolute atomic E-state index is 0.0908. The lowest BCUT2D eigenvalue weighted by molar-refractivity contribution is 0.215. The van der Waals surface area contributed by atoms with E-state index in [9.17, 15) is 4.39 Å². The van der Waals surface area contributed by atoms with Crippen molar-refractivity contribution in [2.24, 2.45) is 5.92 Å². The van der Waals surface area contributed by atoms with Gasteiger partial charge in [-0.2, -0.15) is 0 Å². The number of halogens is 1. The van der Waals surface area contributed by atoms with E-state index in [0.717, 1.165) is 23.7 Å². The Morgan fingerprint density at radius 1 is 1.15 bits per heavy atom. The molecule has 2 heterocycles. The molecule has 1 aliphatic carbocycles. The quantitative estimate of drug-likeness (QED) is 0.766. The van der Waals surface area contributed by atoms with E-state index in [0.29, 0.717) is 12.1 Å². The molecule has 3 unspecified atom stereocenters. The summed E-state index contributed by atoms with van der Waals surface area (Å²) in [5.74, 6) is 0.767. The minimum Gasteiger partial charge on any atom is -0.381 e. The monoisotopic (exact) mass is 274 g/mol. The van der Waals surface area contributed by atoms with Crippen molar-refractivity contribution in [2.75, 3.05) is 16.8 Å². The van der Waals surface area contributed by atoms with Crippen molar-refractivity contribution in [1.82, 2.24) is 0 Å². The number of rotatable bonds is 0. The van der Waals surface area contributed by atoms with Crippen LogP contribution in [0, 0.1) is 18.7 Å². The zero-order valence-corrected chi connectivity index (χ0v) is 12.2. The van der Waals surface area contributed by atoms with Crippen molar-refractivity contribution in [1.29, 1.82) is 0 Å². The fourth-order valence-electron chi connectivity index (χ4n) is 4.53. The number of aryl methyl sites for hydroxylation is 1. The number of fused-ring (bicyclic) bond motifs is 5. The smallest absolute Gasteiger partial charge is 0.128 e. The molecule has 1 aromatic carbocycles. The van der Waals surface area contributed by atoms with Gasteiger partial charge in [0.2, 0.25) is 0 Å². The van der Waals surface area contributed by atoms with E-state index in [4.69, 9.17) is 0 Å². The molecule has 0 amide bonds. The van der Waals surface area contributed by atoms with Crippen LogP contribution in [0.4, 0.5) is 15.8 Å². The number of hydrogen-bond donors (Lipinski definition) is 1. The Hall–Kier alpha value is -1.25. The third-order valence-electron chi connectivity index (χ3n) is 5.57. The summed E-state index contributed by atoms with van der Waals surface area (Å²) in [6.07, 6.45) is 8.11. The average Bonchev–Trinajstić information content (AvgIpc) is 2.48. The fraction of sp³-hybridized carbons (Fsp3) is 0.647. The highest BCUT2D eigenvalue weighted by molar-refractivity contribution is 5.74. The second-order valence-electron chi connectivity index (χ2n) is 6.75. The summed E-state index contributed by atoms with van der Waals surface area (Å²) < 4.78 is 13.8. The summed E-state index contributed by atoms with van der Waals surface area (Å²) in [4.78, 5) is 2.64. The Kier molecular flexibility index (Phi) is 2.90. The molecule has 1 N–H and O–H groups in total. The summed E-state index contributed by atoms with van der Waals surface area (Å²) >= 11 is 0. The Bertz CT molecular complexity index is 528. The normalized spacial score (nSPS) is 31.9. The number of hydrogen-bond acceptors (Lipinski definition) is 2. The van der Waals surface area contributed by atoms with Crippen LogP contribution in [-0.2, 0) is 0 Å². The van der Waals surface area contributed by atoms with Gasteiger partial charge in [-0.1, -0.05) is 12.8 Å². The van der Waals surface area contributed by atoms with Crippen LogP contribution in [0.1, 0.15) is 44.1 Å². The third kappa shape index (κ3) is 1.82. The lowest BCUT2D eigenvalue weighted by Gasteiger charge is -2.52. The average molecular weight is 274 g/mol. The van der Waals surface area contributed by atoms with Crippen LogP contribution in [0.5, 0.6) is 0 Å². The first-order valence-corrected chi connectivity index (χ1v) is 8.06. The topological polar surface area (TPSA) is 15.3 Å². The molecular formula is C17H23FN2. The van der Waals surface area contributed by atoms with Gasteiger partial charge in [-0.15, -0.1) is 0 Å². The predicted octanol–water partition coefficient (Wildman–Crippen LogP) is 4.09. The van der Waals surface area contributed by atoms with Gasteiger partial charge in [0.25, 0.3) is 0 Å². The first-order chi connectivity index (χ1) is 9.74. The number of nitrogens with zero attached hydrogens (tertiary/aromatic N) is 1. The molecule has 0 radical (unpaired) electrons. The van der Waals surface area contributed by atoms with Crippen molar-refractivity contribution in [2.45, 2.75) is 57.5 Å². The maximum absolute atomic E-state index is 13.8. The molecule has 3 heteroatoms. The van der Waals surface area contributed by atoms with Crippen molar-refractivity contribution in [3.05, 3.63) is 23.5 Å². The Morgan fingerprint density at radius 2 is 2.00 bits per heavy atom. The summed E-state index contributed by atoms with van der Waals surface area (Å²) in [6, 6.07) is 5.04. The van der Waals surface area contributed by atoms with Crippen molar-refractivity contribution < 1.29 is 4.39 Å².